The number of para-hydroxylation sites is 4. The van der Waals surface area contributed by atoms with Crippen LogP contribution in [0, 0.1) is 0 Å². The maximum Gasteiger partial charge on any atom is 0.162 e. The first kappa shape index (κ1) is 36.0. The second-order valence-corrected chi connectivity index (χ2v) is 18.2. The van der Waals surface area contributed by atoms with Crippen LogP contribution in [0.3, 0.4) is 0 Å². The Morgan fingerprint density at radius 3 is 0.804 bits per heavy atom. The molecule has 0 radical (unpaired) electrons. The number of rotatable bonds is 10. The Hall–Kier alpha value is -4.85. The van der Waals surface area contributed by atoms with Crippen LogP contribution in [0.25, 0.3) is 10.6 Å². The Bertz CT molecular complexity index is 1930. The molecule has 0 saturated carbocycles. The maximum atomic E-state index is 6.24. The van der Waals surface area contributed by atoms with Crippen molar-refractivity contribution in [2.45, 2.75) is 0 Å². The van der Waals surface area contributed by atoms with E-state index in [9.17, 15) is 0 Å². The summed E-state index contributed by atoms with van der Waals surface area (Å²) in [5, 5.41) is 6.91. The molecule has 0 spiro atoms. The SMILES string of the molecule is COc1ccccc1[P+]1(c2ccccc2OC)C=C(c2ccccc2)[P+](c2ccccc2OC)(c2ccccc2OC)C=C1c1ccccc1.[Cl-]. The summed E-state index contributed by atoms with van der Waals surface area (Å²) in [5.41, 5.74) is 2.27. The minimum atomic E-state index is -2.73. The molecular weight excluding hydrogens is 690 g/mol. The molecule has 1 heterocycles. The summed E-state index contributed by atoms with van der Waals surface area (Å²) in [6.45, 7) is 0. The number of halogens is 1. The third kappa shape index (κ3) is 6.13. The Morgan fingerprint density at radius 1 is 0.314 bits per heavy atom. The topological polar surface area (TPSA) is 36.9 Å². The lowest BCUT2D eigenvalue weighted by molar-refractivity contribution is -0.0000107. The summed E-state index contributed by atoms with van der Waals surface area (Å²) in [6.07, 6.45) is 0. The van der Waals surface area contributed by atoms with Crippen LogP contribution in [0.15, 0.2) is 169 Å². The van der Waals surface area contributed by atoms with Crippen LogP contribution in [0.5, 0.6) is 23.0 Å². The average molecular weight is 730 g/mol. The molecule has 0 N–H and O–H groups in total. The predicted molar refractivity (Wildman–Crippen MR) is 213 cm³/mol. The van der Waals surface area contributed by atoms with Crippen molar-refractivity contribution in [3.63, 3.8) is 0 Å². The molecular formula is C44H40ClO4P2+. The molecule has 51 heavy (non-hydrogen) atoms. The molecule has 0 atom stereocenters. The van der Waals surface area contributed by atoms with E-state index in [2.05, 4.69) is 145 Å². The molecule has 0 unspecified atom stereocenters. The second kappa shape index (κ2) is 15.6. The van der Waals surface area contributed by atoms with E-state index in [0.29, 0.717) is 0 Å². The molecule has 0 aliphatic carbocycles. The Morgan fingerprint density at radius 2 is 0.549 bits per heavy atom. The van der Waals surface area contributed by atoms with Crippen molar-refractivity contribution >= 4 is 46.4 Å². The van der Waals surface area contributed by atoms with Gasteiger partial charge in [0.1, 0.15) is 11.6 Å². The molecule has 4 nitrogen and oxygen atoms in total. The average Bonchev–Trinajstić information content (AvgIpc) is 3.21. The first-order valence-electron chi connectivity index (χ1n) is 16.5. The zero-order valence-corrected chi connectivity index (χ0v) is 31.6. The van der Waals surface area contributed by atoms with Crippen molar-refractivity contribution in [1.82, 2.24) is 0 Å². The Kier molecular flexibility index (Phi) is 11.0. The van der Waals surface area contributed by atoms with E-state index in [1.165, 1.54) is 10.6 Å². The van der Waals surface area contributed by atoms with E-state index in [1.807, 2.05) is 24.3 Å². The standard InChI is InChI=1S/C44H40O4P2.ClH/c1-45-35-23-11-15-27-39(35)49(40-28-16-12-24-36(40)46-2)31-44(34-21-9-6-10-22-34)50(41-29-17-13-25-37(41)47-3,42-30-18-14-26-38(42)48-4)32-43(49)33-19-7-5-8-20-33;/h5-32H,1-4H3;1H/q+2;/p-1. The molecule has 0 fully saturated rings. The zero-order valence-electron chi connectivity index (χ0n) is 29.1. The van der Waals surface area contributed by atoms with Gasteiger partial charge in [-0.1, -0.05) is 109 Å². The van der Waals surface area contributed by atoms with Crippen LogP contribution in [-0.2, 0) is 0 Å². The summed E-state index contributed by atoms with van der Waals surface area (Å²) in [6, 6.07) is 55.4. The molecule has 256 valence electrons. The van der Waals surface area contributed by atoms with Crippen LogP contribution in [0.4, 0.5) is 0 Å². The fourth-order valence-corrected chi connectivity index (χ4v) is 17.6. The minimum Gasteiger partial charge on any atom is -1.00 e. The van der Waals surface area contributed by atoms with Crippen molar-refractivity contribution < 1.29 is 31.4 Å². The molecule has 0 saturated heterocycles. The summed E-state index contributed by atoms with van der Waals surface area (Å²) in [7, 11) is 1.58. The molecule has 0 aromatic heterocycles. The fraction of sp³-hybridized carbons (Fsp3) is 0.0909. The first-order chi connectivity index (χ1) is 24.6. The monoisotopic (exact) mass is 729 g/mol. The van der Waals surface area contributed by atoms with Gasteiger partial charge in [-0.2, -0.15) is 0 Å². The van der Waals surface area contributed by atoms with Crippen LogP contribution in [0.1, 0.15) is 11.1 Å². The highest BCUT2D eigenvalue weighted by Crippen LogP contribution is 2.84. The lowest BCUT2D eigenvalue weighted by atomic mass is 10.2. The minimum absolute atomic E-state index is 0. The molecule has 1 aliphatic heterocycles. The molecule has 6 aromatic carbocycles. The zero-order chi connectivity index (χ0) is 34.6. The van der Waals surface area contributed by atoms with Gasteiger partial charge in [0.25, 0.3) is 0 Å². The predicted octanol–water partition coefficient (Wildman–Crippen LogP) is 6.37. The van der Waals surface area contributed by atoms with E-state index < -0.39 is 14.5 Å². The third-order valence-corrected chi connectivity index (χ3v) is 17.9. The summed E-state index contributed by atoms with van der Waals surface area (Å²) >= 11 is 0. The summed E-state index contributed by atoms with van der Waals surface area (Å²) < 4.78 is 25.0. The van der Waals surface area contributed by atoms with Gasteiger partial charge in [0.05, 0.1) is 28.4 Å². The Balaban J connectivity index is 0.00000448. The number of ether oxygens (including phenoxy) is 4. The van der Waals surface area contributed by atoms with Crippen molar-refractivity contribution in [1.29, 1.82) is 0 Å². The summed E-state index contributed by atoms with van der Waals surface area (Å²) in [5.74, 6) is 8.51. The van der Waals surface area contributed by atoms with Crippen molar-refractivity contribution in [3.05, 3.63) is 180 Å². The van der Waals surface area contributed by atoms with Crippen molar-refractivity contribution in [2.75, 3.05) is 28.4 Å². The Labute approximate surface area is 308 Å². The van der Waals surface area contributed by atoms with E-state index >= 15 is 0 Å². The molecule has 7 heteroatoms. The van der Waals surface area contributed by atoms with Crippen molar-refractivity contribution in [2.24, 2.45) is 0 Å². The number of benzene rings is 6. The van der Waals surface area contributed by atoms with Gasteiger partial charge in [0, 0.05) is 11.1 Å². The van der Waals surface area contributed by atoms with Crippen LogP contribution in [0.2, 0.25) is 0 Å². The maximum absolute atomic E-state index is 6.24. The van der Waals surface area contributed by atoms with Gasteiger partial charge in [-0.05, 0) is 48.5 Å². The molecule has 0 bridgehead atoms. The van der Waals surface area contributed by atoms with Gasteiger partial charge in [-0.25, -0.2) is 0 Å². The fourth-order valence-electron chi connectivity index (χ4n) is 7.20. The lowest BCUT2D eigenvalue weighted by Gasteiger charge is -2.36. The van der Waals surface area contributed by atoms with E-state index in [-0.39, 0.29) is 12.4 Å². The van der Waals surface area contributed by atoms with E-state index in [0.717, 1.165) is 55.3 Å². The highest BCUT2D eigenvalue weighted by molar-refractivity contribution is 8.08. The smallest absolute Gasteiger partial charge is 0.162 e. The normalized spacial score (nSPS) is 14.3. The summed E-state index contributed by atoms with van der Waals surface area (Å²) in [4.78, 5) is 0. The van der Waals surface area contributed by atoms with Crippen LogP contribution >= 0.6 is 14.5 Å². The van der Waals surface area contributed by atoms with Gasteiger partial charge in [-0.15, -0.1) is 0 Å². The van der Waals surface area contributed by atoms with Gasteiger partial charge in [-0.3, -0.25) is 0 Å². The van der Waals surface area contributed by atoms with Gasteiger partial charge in [0.15, 0.2) is 69.4 Å². The molecule has 0 amide bonds. The van der Waals surface area contributed by atoms with E-state index in [4.69, 9.17) is 18.9 Å². The molecule has 1 aliphatic rings. The third-order valence-electron chi connectivity index (χ3n) is 9.39. The first-order valence-corrected chi connectivity index (χ1v) is 20.2. The van der Waals surface area contributed by atoms with Crippen molar-refractivity contribution in [3.8, 4) is 23.0 Å². The van der Waals surface area contributed by atoms with Crippen LogP contribution < -0.4 is 52.6 Å². The van der Waals surface area contributed by atoms with E-state index in [1.54, 1.807) is 28.4 Å². The highest BCUT2D eigenvalue weighted by Gasteiger charge is 2.63. The highest BCUT2D eigenvalue weighted by atomic mass is 35.5. The van der Waals surface area contributed by atoms with Gasteiger partial charge < -0.3 is 31.4 Å². The molecule has 6 aromatic rings. The lowest BCUT2D eigenvalue weighted by Crippen LogP contribution is -3.00. The largest absolute Gasteiger partial charge is 1.00 e. The molecule has 7 rings (SSSR count). The van der Waals surface area contributed by atoms with Gasteiger partial charge in [0.2, 0.25) is 0 Å². The van der Waals surface area contributed by atoms with Gasteiger partial charge >= 0.3 is 0 Å². The number of hydrogen-bond acceptors (Lipinski definition) is 4. The van der Waals surface area contributed by atoms with Crippen LogP contribution in [-0.4, -0.2) is 28.4 Å². The second-order valence-electron chi connectivity index (χ2n) is 11.9. The number of hydrogen-bond donors (Lipinski definition) is 0. The number of methoxy groups -OCH3 is 4. The quantitative estimate of drug-likeness (QED) is 0.154.